The second-order valence-corrected chi connectivity index (χ2v) is 8.95. The molecule has 0 unspecified atom stereocenters. The summed E-state index contributed by atoms with van der Waals surface area (Å²) in [5.74, 6) is 1.27. The third-order valence-corrected chi connectivity index (χ3v) is 6.07. The number of carbonyl (C=O) groups is 1. The summed E-state index contributed by atoms with van der Waals surface area (Å²) < 4.78 is 15.1. The number of nitrogens with one attached hydrogen (secondary N) is 1. The third kappa shape index (κ3) is 3.72. The fourth-order valence-electron chi connectivity index (χ4n) is 3.92. The van der Waals surface area contributed by atoms with Gasteiger partial charge in [0.2, 0.25) is 0 Å². The fourth-order valence-corrected chi connectivity index (χ4v) is 3.92. The van der Waals surface area contributed by atoms with E-state index in [1.165, 1.54) is 12.1 Å². The zero-order chi connectivity index (χ0) is 20.9. The smallest absolute Gasteiger partial charge is 0.251 e. The molecule has 2 saturated carbocycles. The molecule has 0 saturated heterocycles. The Balaban J connectivity index is 1.57. The van der Waals surface area contributed by atoms with Gasteiger partial charge in [-0.2, -0.15) is 4.68 Å². The van der Waals surface area contributed by atoms with Crippen LogP contribution in [0.5, 0.6) is 0 Å². The lowest BCUT2D eigenvalue weighted by atomic mass is 9.97. The molecule has 3 aromatic rings. The number of amides is 1. The summed E-state index contributed by atoms with van der Waals surface area (Å²) in [5.41, 5.74) is 2.67. The second kappa shape index (κ2) is 7.00. The van der Waals surface area contributed by atoms with E-state index in [2.05, 4.69) is 34.7 Å². The van der Waals surface area contributed by atoms with Crippen molar-refractivity contribution in [2.24, 2.45) is 5.92 Å². The first-order valence-corrected chi connectivity index (χ1v) is 10.4. The van der Waals surface area contributed by atoms with Crippen molar-refractivity contribution in [1.29, 1.82) is 0 Å². The highest BCUT2D eigenvalue weighted by atomic mass is 19.1. The zero-order valence-electron chi connectivity index (χ0n) is 17.1. The Labute approximate surface area is 174 Å². The van der Waals surface area contributed by atoms with Crippen molar-refractivity contribution in [3.05, 3.63) is 59.7 Å². The van der Waals surface area contributed by atoms with E-state index in [-0.39, 0.29) is 17.3 Å². The Kier molecular flexibility index (Phi) is 4.41. The van der Waals surface area contributed by atoms with Crippen LogP contribution in [0.2, 0.25) is 0 Å². The van der Waals surface area contributed by atoms with Crippen molar-refractivity contribution in [3.8, 4) is 16.8 Å². The van der Waals surface area contributed by atoms with Crippen molar-refractivity contribution < 1.29 is 9.18 Å². The number of carbonyl (C=O) groups excluding carboxylic acids is 1. The Morgan fingerprint density at radius 2 is 1.80 bits per heavy atom. The van der Waals surface area contributed by atoms with Gasteiger partial charge in [0, 0.05) is 17.0 Å². The van der Waals surface area contributed by atoms with Gasteiger partial charge in [0.15, 0.2) is 5.82 Å². The van der Waals surface area contributed by atoms with Gasteiger partial charge >= 0.3 is 0 Å². The van der Waals surface area contributed by atoms with Gasteiger partial charge in [-0.05, 0) is 97.3 Å². The molecule has 30 heavy (non-hydrogen) atoms. The molecule has 7 heteroatoms. The summed E-state index contributed by atoms with van der Waals surface area (Å²) in [5, 5.41) is 15.4. The molecule has 2 aromatic carbocycles. The predicted octanol–water partition coefficient (Wildman–Crippen LogP) is 4.26. The van der Waals surface area contributed by atoms with Gasteiger partial charge in [0.05, 0.1) is 5.69 Å². The minimum atomic E-state index is -0.296. The highest BCUT2D eigenvalue weighted by molar-refractivity contribution is 5.96. The van der Waals surface area contributed by atoms with Crippen LogP contribution in [0, 0.1) is 11.7 Å². The van der Waals surface area contributed by atoms with Gasteiger partial charge in [0.1, 0.15) is 5.82 Å². The summed E-state index contributed by atoms with van der Waals surface area (Å²) in [4.78, 5) is 13.2. The highest BCUT2D eigenvalue weighted by Gasteiger charge is 2.39. The average Bonchev–Trinajstić information content (AvgIpc) is 3.66. The zero-order valence-corrected chi connectivity index (χ0v) is 17.1. The molecule has 1 aromatic heterocycles. The van der Waals surface area contributed by atoms with Crippen LogP contribution in [-0.4, -0.2) is 31.7 Å². The van der Waals surface area contributed by atoms with Gasteiger partial charge < -0.3 is 5.32 Å². The third-order valence-electron chi connectivity index (χ3n) is 6.07. The predicted molar refractivity (Wildman–Crippen MR) is 111 cm³/mol. The Hall–Kier alpha value is -3.09. The fraction of sp³-hybridized carbons (Fsp3) is 0.391. The molecule has 5 rings (SSSR count). The van der Waals surface area contributed by atoms with E-state index in [1.807, 2.05) is 18.2 Å². The first kappa shape index (κ1) is 18.9. The van der Waals surface area contributed by atoms with Crippen LogP contribution in [0.4, 0.5) is 4.39 Å². The van der Waals surface area contributed by atoms with Crippen LogP contribution in [0.15, 0.2) is 42.5 Å². The van der Waals surface area contributed by atoms with Crippen molar-refractivity contribution in [2.45, 2.75) is 51.0 Å². The molecule has 2 fully saturated rings. The second-order valence-electron chi connectivity index (χ2n) is 8.95. The molecule has 1 N–H and O–H groups in total. The number of hydrogen-bond acceptors (Lipinski definition) is 4. The van der Waals surface area contributed by atoms with Crippen LogP contribution in [0.3, 0.4) is 0 Å². The molecule has 2 aliphatic rings. The number of rotatable bonds is 6. The number of aromatic nitrogens is 4. The van der Waals surface area contributed by atoms with E-state index >= 15 is 0 Å². The summed E-state index contributed by atoms with van der Waals surface area (Å²) in [6, 6.07) is 11.9. The van der Waals surface area contributed by atoms with Gasteiger partial charge in [0.25, 0.3) is 5.91 Å². The van der Waals surface area contributed by atoms with Crippen LogP contribution in [0.25, 0.3) is 16.8 Å². The lowest BCUT2D eigenvalue weighted by Crippen LogP contribution is -2.45. The molecule has 154 valence electrons. The standard InChI is InChI=1S/C23H24FN5O/c1-23(2,18-7-8-18)25-22(30)17-11-16(14-5-9-19(24)10-6-14)12-20(13-17)29-21(15-3-4-15)26-27-28-29/h5-6,9-13,15,18H,3-4,7-8H2,1-2H3,(H,25,30). The van der Waals surface area contributed by atoms with Crippen LogP contribution >= 0.6 is 0 Å². The van der Waals surface area contributed by atoms with Crippen molar-refractivity contribution in [1.82, 2.24) is 25.5 Å². The lowest BCUT2D eigenvalue weighted by Gasteiger charge is -2.26. The molecular weight excluding hydrogens is 381 g/mol. The largest absolute Gasteiger partial charge is 0.347 e. The number of tetrazole rings is 1. The van der Waals surface area contributed by atoms with Crippen LogP contribution in [-0.2, 0) is 0 Å². The van der Waals surface area contributed by atoms with Gasteiger partial charge in [-0.25, -0.2) is 4.39 Å². The van der Waals surface area contributed by atoms with Crippen molar-refractivity contribution in [2.75, 3.05) is 0 Å². The monoisotopic (exact) mass is 405 g/mol. The number of nitrogens with zero attached hydrogens (tertiary/aromatic N) is 4. The normalized spacial score (nSPS) is 16.5. The van der Waals surface area contributed by atoms with Crippen molar-refractivity contribution in [3.63, 3.8) is 0 Å². The van der Waals surface area contributed by atoms with E-state index in [9.17, 15) is 9.18 Å². The molecule has 1 heterocycles. The molecule has 2 aliphatic carbocycles. The lowest BCUT2D eigenvalue weighted by molar-refractivity contribution is 0.0903. The summed E-state index contributed by atoms with van der Waals surface area (Å²) in [6.45, 7) is 4.14. The summed E-state index contributed by atoms with van der Waals surface area (Å²) in [6.07, 6.45) is 4.43. The Bertz CT molecular complexity index is 1100. The minimum Gasteiger partial charge on any atom is -0.347 e. The van der Waals surface area contributed by atoms with E-state index in [4.69, 9.17) is 0 Å². The Morgan fingerprint density at radius 3 is 2.47 bits per heavy atom. The van der Waals surface area contributed by atoms with E-state index in [1.54, 1.807) is 16.8 Å². The van der Waals surface area contributed by atoms with Crippen molar-refractivity contribution >= 4 is 5.91 Å². The first-order chi connectivity index (χ1) is 14.4. The summed E-state index contributed by atoms with van der Waals surface area (Å²) >= 11 is 0. The number of hydrogen-bond donors (Lipinski definition) is 1. The van der Waals surface area contributed by atoms with Gasteiger partial charge in [-0.3, -0.25) is 4.79 Å². The summed E-state index contributed by atoms with van der Waals surface area (Å²) in [7, 11) is 0. The molecule has 0 aliphatic heterocycles. The van der Waals surface area contributed by atoms with E-state index in [0.29, 0.717) is 17.4 Å². The van der Waals surface area contributed by atoms with Gasteiger partial charge in [-0.1, -0.05) is 12.1 Å². The SMILES string of the molecule is CC(C)(NC(=O)c1cc(-c2ccc(F)cc2)cc(-n2nnnc2C2CC2)c1)C1CC1. The van der Waals surface area contributed by atoms with Gasteiger partial charge in [-0.15, -0.1) is 5.10 Å². The molecule has 6 nitrogen and oxygen atoms in total. The molecule has 0 atom stereocenters. The maximum Gasteiger partial charge on any atom is 0.251 e. The quantitative estimate of drug-likeness (QED) is 0.665. The maximum atomic E-state index is 13.4. The van der Waals surface area contributed by atoms with E-state index < -0.39 is 0 Å². The molecule has 1 amide bonds. The van der Waals surface area contributed by atoms with Crippen LogP contribution in [0.1, 0.15) is 61.6 Å². The minimum absolute atomic E-state index is 0.127. The molecule has 0 spiro atoms. The number of halogens is 1. The van der Waals surface area contributed by atoms with E-state index in [0.717, 1.165) is 48.3 Å². The van der Waals surface area contributed by atoms with Crippen LogP contribution < -0.4 is 5.32 Å². The molecule has 0 radical (unpaired) electrons. The first-order valence-electron chi connectivity index (χ1n) is 10.4. The Morgan fingerprint density at radius 1 is 1.07 bits per heavy atom. The average molecular weight is 405 g/mol. The highest BCUT2D eigenvalue weighted by Crippen LogP contribution is 2.40. The molecule has 0 bridgehead atoms. The maximum absolute atomic E-state index is 13.4. The number of benzene rings is 2. The topological polar surface area (TPSA) is 72.7 Å². The molecular formula is C23H24FN5O.